The summed E-state index contributed by atoms with van der Waals surface area (Å²) in [6, 6.07) is 11.4. The molecule has 1 aromatic rings. The molecule has 1 unspecified atom stereocenters. The van der Waals surface area contributed by atoms with Gasteiger partial charge in [-0.15, -0.1) is 0 Å². The third-order valence-corrected chi connectivity index (χ3v) is 4.83. The number of ether oxygens (including phenoxy) is 1. The number of nitrogens with one attached hydrogen (secondary N) is 1. The van der Waals surface area contributed by atoms with E-state index < -0.39 is 0 Å². The van der Waals surface area contributed by atoms with Gasteiger partial charge in [-0.1, -0.05) is 30.3 Å². The highest BCUT2D eigenvalue weighted by atomic mass is 16.5. The lowest BCUT2D eigenvalue weighted by molar-refractivity contribution is 0.0266. The second-order valence-electron chi connectivity index (χ2n) is 7.18. The molecule has 2 aliphatic rings. The van der Waals surface area contributed by atoms with Crippen LogP contribution in [0.15, 0.2) is 30.3 Å². The fourth-order valence-electron chi connectivity index (χ4n) is 3.63. The molecule has 1 aromatic carbocycles. The highest BCUT2D eigenvalue weighted by Crippen LogP contribution is 2.29. The van der Waals surface area contributed by atoms with Gasteiger partial charge in [0.05, 0.1) is 0 Å². The molecular weight excluding hydrogens is 260 g/mol. The molecular formula is C18H28N2O. The van der Waals surface area contributed by atoms with Crippen LogP contribution in [0, 0.1) is 5.92 Å². The van der Waals surface area contributed by atoms with Gasteiger partial charge in [0, 0.05) is 44.4 Å². The van der Waals surface area contributed by atoms with Crippen molar-refractivity contribution >= 4 is 0 Å². The molecule has 2 fully saturated rings. The first-order valence-corrected chi connectivity index (χ1v) is 8.26. The number of piperazine rings is 1. The number of rotatable bonds is 3. The first kappa shape index (κ1) is 15.0. The summed E-state index contributed by atoms with van der Waals surface area (Å²) in [6.45, 7) is 9.86. The molecule has 0 aliphatic carbocycles. The van der Waals surface area contributed by atoms with E-state index in [2.05, 4.69) is 54.4 Å². The van der Waals surface area contributed by atoms with E-state index in [0.717, 1.165) is 32.2 Å². The van der Waals surface area contributed by atoms with Gasteiger partial charge in [0.15, 0.2) is 0 Å². The van der Waals surface area contributed by atoms with Gasteiger partial charge in [-0.05, 0) is 38.2 Å². The molecule has 1 N–H and O–H groups in total. The lowest BCUT2D eigenvalue weighted by Gasteiger charge is -2.46. The topological polar surface area (TPSA) is 24.5 Å². The lowest BCUT2D eigenvalue weighted by Crippen LogP contribution is -2.59. The van der Waals surface area contributed by atoms with Crippen LogP contribution in [0.5, 0.6) is 0 Å². The van der Waals surface area contributed by atoms with Gasteiger partial charge in [-0.25, -0.2) is 0 Å². The van der Waals surface area contributed by atoms with Crippen LogP contribution in [0.2, 0.25) is 0 Å². The Morgan fingerprint density at radius 1 is 1.19 bits per heavy atom. The molecule has 3 nitrogen and oxygen atoms in total. The summed E-state index contributed by atoms with van der Waals surface area (Å²) in [5.41, 5.74) is 1.64. The Kier molecular flexibility index (Phi) is 4.63. The minimum absolute atomic E-state index is 0.205. The third-order valence-electron chi connectivity index (χ3n) is 4.83. The zero-order valence-corrected chi connectivity index (χ0v) is 13.3. The lowest BCUT2D eigenvalue weighted by atomic mass is 9.92. The Morgan fingerprint density at radius 3 is 2.62 bits per heavy atom. The quantitative estimate of drug-likeness (QED) is 0.925. The second kappa shape index (κ2) is 6.47. The van der Waals surface area contributed by atoms with Crippen molar-refractivity contribution in [2.24, 2.45) is 5.92 Å². The Balaban J connectivity index is 1.73. The van der Waals surface area contributed by atoms with Crippen molar-refractivity contribution in [1.29, 1.82) is 0 Å². The molecule has 2 heterocycles. The van der Waals surface area contributed by atoms with Crippen LogP contribution < -0.4 is 5.32 Å². The predicted molar refractivity (Wildman–Crippen MR) is 86.4 cm³/mol. The first-order valence-electron chi connectivity index (χ1n) is 8.26. The maximum atomic E-state index is 5.51. The molecule has 1 atom stereocenters. The second-order valence-corrected chi connectivity index (χ2v) is 7.18. The Bertz CT molecular complexity index is 440. The first-order chi connectivity index (χ1) is 10.1. The van der Waals surface area contributed by atoms with E-state index in [9.17, 15) is 0 Å². The summed E-state index contributed by atoms with van der Waals surface area (Å²) in [5, 5.41) is 3.71. The summed E-state index contributed by atoms with van der Waals surface area (Å²) >= 11 is 0. The van der Waals surface area contributed by atoms with Gasteiger partial charge in [-0.2, -0.15) is 0 Å². The van der Waals surface area contributed by atoms with Gasteiger partial charge in [0.25, 0.3) is 0 Å². The van der Waals surface area contributed by atoms with E-state index in [-0.39, 0.29) is 5.54 Å². The highest BCUT2D eigenvalue weighted by Gasteiger charge is 2.34. The van der Waals surface area contributed by atoms with Crippen molar-refractivity contribution in [1.82, 2.24) is 10.2 Å². The zero-order chi connectivity index (χ0) is 14.7. The SMILES string of the molecule is CC1(C)CN(CC2CCOCC2)C(c2ccccc2)CN1. The summed E-state index contributed by atoms with van der Waals surface area (Å²) < 4.78 is 5.51. The molecule has 0 bridgehead atoms. The Morgan fingerprint density at radius 2 is 1.90 bits per heavy atom. The molecule has 0 aromatic heterocycles. The van der Waals surface area contributed by atoms with E-state index in [0.29, 0.717) is 6.04 Å². The van der Waals surface area contributed by atoms with E-state index in [1.54, 1.807) is 0 Å². The molecule has 0 saturated carbocycles. The normalized spacial score (nSPS) is 27.6. The van der Waals surface area contributed by atoms with Gasteiger partial charge in [-0.3, -0.25) is 4.90 Å². The molecule has 2 aliphatic heterocycles. The fraction of sp³-hybridized carbons (Fsp3) is 0.667. The maximum Gasteiger partial charge on any atom is 0.0473 e. The Hall–Kier alpha value is -0.900. The van der Waals surface area contributed by atoms with Gasteiger partial charge >= 0.3 is 0 Å². The molecule has 2 saturated heterocycles. The molecule has 3 rings (SSSR count). The van der Waals surface area contributed by atoms with Gasteiger partial charge in [0.1, 0.15) is 0 Å². The molecule has 0 radical (unpaired) electrons. The molecule has 0 amide bonds. The van der Waals surface area contributed by atoms with Crippen molar-refractivity contribution in [2.45, 2.75) is 38.3 Å². The maximum absolute atomic E-state index is 5.51. The third kappa shape index (κ3) is 3.85. The number of benzene rings is 1. The molecule has 0 spiro atoms. The van der Waals surface area contributed by atoms with Crippen LogP contribution in [0.3, 0.4) is 0 Å². The van der Waals surface area contributed by atoms with Crippen molar-refractivity contribution in [3.8, 4) is 0 Å². The van der Waals surface area contributed by atoms with Crippen molar-refractivity contribution in [2.75, 3.05) is 32.8 Å². The summed E-state index contributed by atoms with van der Waals surface area (Å²) in [4.78, 5) is 2.70. The molecule has 3 heteroatoms. The summed E-state index contributed by atoms with van der Waals surface area (Å²) in [7, 11) is 0. The van der Waals surface area contributed by atoms with Crippen LogP contribution >= 0.6 is 0 Å². The van der Waals surface area contributed by atoms with E-state index in [1.165, 1.54) is 24.9 Å². The predicted octanol–water partition coefficient (Wildman–Crippen LogP) is 2.84. The van der Waals surface area contributed by atoms with Gasteiger partial charge in [0.2, 0.25) is 0 Å². The van der Waals surface area contributed by atoms with Crippen molar-refractivity contribution in [3.05, 3.63) is 35.9 Å². The largest absolute Gasteiger partial charge is 0.381 e. The van der Waals surface area contributed by atoms with Crippen LogP contribution in [-0.4, -0.2) is 43.3 Å². The van der Waals surface area contributed by atoms with Crippen LogP contribution in [0.4, 0.5) is 0 Å². The number of hydrogen-bond acceptors (Lipinski definition) is 3. The smallest absolute Gasteiger partial charge is 0.0473 e. The monoisotopic (exact) mass is 288 g/mol. The van der Waals surface area contributed by atoms with E-state index >= 15 is 0 Å². The molecule has 21 heavy (non-hydrogen) atoms. The van der Waals surface area contributed by atoms with E-state index in [1.807, 2.05) is 0 Å². The van der Waals surface area contributed by atoms with Gasteiger partial charge < -0.3 is 10.1 Å². The standard InChI is InChI=1S/C18H28N2O/c1-18(2)14-20(13-15-8-10-21-11-9-15)17(12-19-18)16-6-4-3-5-7-16/h3-7,15,17,19H,8-14H2,1-2H3. The highest BCUT2D eigenvalue weighted by molar-refractivity contribution is 5.20. The Labute approximate surface area is 128 Å². The number of hydrogen-bond donors (Lipinski definition) is 1. The van der Waals surface area contributed by atoms with E-state index in [4.69, 9.17) is 4.74 Å². The van der Waals surface area contributed by atoms with Crippen molar-refractivity contribution in [3.63, 3.8) is 0 Å². The minimum atomic E-state index is 0.205. The number of nitrogens with zero attached hydrogens (tertiary/aromatic N) is 1. The van der Waals surface area contributed by atoms with Crippen LogP contribution in [-0.2, 0) is 4.74 Å². The van der Waals surface area contributed by atoms with Crippen LogP contribution in [0.25, 0.3) is 0 Å². The fourth-order valence-corrected chi connectivity index (χ4v) is 3.63. The summed E-state index contributed by atoms with van der Waals surface area (Å²) in [5.74, 6) is 0.791. The molecule has 116 valence electrons. The average molecular weight is 288 g/mol. The zero-order valence-electron chi connectivity index (χ0n) is 13.3. The summed E-state index contributed by atoms with van der Waals surface area (Å²) in [6.07, 6.45) is 2.43. The van der Waals surface area contributed by atoms with Crippen molar-refractivity contribution < 1.29 is 4.74 Å². The average Bonchev–Trinajstić information content (AvgIpc) is 2.48. The van der Waals surface area contributed by atoms with Crippen LogP contribution in [0.1, 0.15) is 38.3 Å². The minimum Gasteiger partial charge on any atom is -0.381 e.